The van der Waals surface area contributed by atoms with Gasteiger partial charge in [0.1, 0.15) is 0 Å². The molecule has 53 heavy (non-hydrogen) atoms. The number of fused-ring (bicyclic) bond motifs is 15. The van der Waals surface area contributed by atoms with E-state index in [1.165, 1.54) is 97.6 Å². The SMILES string of the molecule is c1ccc2c(c1)Sc1cc3c4c5ccccc5ccc4n(-c4ccc(-c5ccc6ccccc6c5)cc4)c3cc1C21c2ccccc2-c2ccccc21. The van der Waals surface area contributed by atoms with Crippen LogP contribution in [0.5, 0.6) is 0 Å². The van der Waals surface area contributed by atoms with Gasteiger partial charge in [0.2, 0.25) is 0 Å². The zero-order valence-corrected chi connectivity index (χ0v) is 29.6. The maximum atomic E-state index is 2.54. The summed E-state index contributed by atoms with van der Waals surface area (Å²) in [5.74, 6) is 0. The van der Waals surface area contributed by atoms with Crippen molar-refractivity contribution < 1.29 is 0 Å². The summed E-state index contributed by atoms with van der Waals surface area (Å²) in [6.45, 7) is 0. The Labute approximate surface area is 311 Å². The molecule has 2 heteroatoms. The first kappa shape index (κ1) is 29.3. The molecule has 1 spiro atoms. The van der Waals surface area contributed by atoms with Crippen LogP contribution in [0.15, 0.2) is 198 Å². The minimum absolute atomic E-state index is 0.429. The van der Waals surface area contributed by atoms with Crippen LogP contribution in [0.25, 0.3) is 71.3 Å². The summed E-state index contributed by atoms with van der Waals surface area (Å²) >= 11 is 1.92. The molecule has 1 aliphatic carbocycles. The molecule has 1 aliphatic heterocycles. The lowest BCUT2D eigenvalue weighted by atomic mass is 9.67. The summed E-state index contributed by atoms with van der Waals surface area (Å²) in [5, 5.41) is 7.66. The highest BCUT2D eigenvalue weighted by molar-refractivity contribution is 7.99. The van der Waals surface area contributed by atoms with Crippen LogP contribution < -0.4 is 0 Å². The quantitative estimate of drug-likeness (QED) is 0.175. The Kier molecular flexibility index (Phi) is 5.98. The molecule has 1 aromatic heterocycles. The van der Waals surface area contributed by atoms with E-state index in [1.54, 1.807) is 0 Å². The molecule has 2 aliphatic rings. The molecule has 0 saturated heterocycles. The smallest absolute Gasteiger partial charge is 0.0736 e. The standard InChI is InChI=1S/C51H31NS/c1-2-13-35-29-36(22-21-32(35)11-1)33-23-26-37(27-24-33)52-46-28-25-34-12-3-4-14-38(34)50(46)41-30-49-45(31-47(41)52)51(44-19-9-10-20-48(44)53-49)42-17-7-5-15-39(42)40-16-6-8-18-43(40)51/h1-31H. The van der Waals surface area contributed by atoms with E-state index >= 15 is 0 Å². The van der Waals surface area contributed by atoms with Crippen molar-refractivity contribution >= 4 is 55.1 Å². The van der Waals surface area contributed by atoms with Crippen molar-refractivity contribution in [3.05, 3.63) is 210 Å². The van der Waals surface area contributed by atoms with Gasteiger partial charge >= 0.3 is 0 Å². The highest BCUT2D eigenvalue weighted by Gasteiger charge is 2.50. The summed E-state index contributed by atoms with van der Waals surface area (Å²) in [4.78, 5) is 2.64. The van der Waals surface area contributed by atoms with Crippen LogP contribution in [0.1, 0.15) is 22.3 Å². The normalized spacial score (nSPS) is 13.7. The lowest BCUT2D eigenvalue weighted by molar-refractivity contribution is 0.724. The molecule has 0 fully saturated rings. The summed E-state index contributed by atoms with van der Waals surface area (Å²) < 4.78 is 2.51. The van der Waals surface area contributed by atoms with E-state index in [0.29, 0.717) is 0 Å². The van der Waals surface area contributed by atoms with Gasteiger partial charge in [-0.25, -0.2) is 0 Å². The summed E-state index contributed by atoms with van der Waals surface area (Å²) in [6, 6.07) is 70.3. The molecule has 0 amide bonds. The van der Waals surface area contributed by atoms with E-state index in [-0.39, 0.29) is 0 Å². The number of hydrogen-bond donors (Lipinski definition) is 0. The second kappa shape index (κ2) is 10.8. The molecule has 12 rings (SSSR count). The van der Waals surface area contributed by atoms with Crippen molar-refractivity contribution in [2.75, 3.05) is 0 Å². The molecular formula is C51H31NS. The molecule has 0 bridgehead atoms. The lowest BCUT2D eigenvalue weighted by Crippen LogP contribution is -2.32. The van der Waals surface area contributed by atoms with Crippen LogP contribution in [0, 0.1) is 0 Å². The van der Waals surface area contributed by atoms with Gasteiger partial charge in [-0.1, -0.05) is 157 Å². The average Bonchev–Trinajstić information content (AvgIpc) is 3.71. The fourth-order valence-electron chi connectivity index (χ4n) is 9.58. The Morgan fingerprint density at radius 1 is 0.377 bits per heavy atom. The predicted octanol–water partition coefficient (Wildman–Crippen LogP) is 13.6. The molecule has 9 aromatic carbocycles. The number of rotatable bonds is 2. The zero-order chi connectivity index (χ0) is 34.7. The maximum absolute atomic E-state index is 2.54. The van der Waals surface area contributed by atoms with Crippen molar-refractivity contribution in [3.8, 4) is 27.9 Å². The Hall–Kier alpha value is -6.35. The van der Waals surface area contributed by atoms with Crippen LogP contribution in [0.4, 0.5) is 0 Å². The van der Waals surface area contributed by atoms with Gasteiger partial charge in [-0.3, -0.25) is 0 Å². The van der Waals surface area contributed by atoms with E-state index in [0.717, 1.165) is 5.69 Å². The monoisotopic (exact) mass is 689 g/mol. The minimum atomic E-state index is -0.429. The molecule has 0 unspecified atom stereocenters. The number of nitrogens with zero attached hydrogens (tertiary/aromatic N) is 1. The van der Waals surface area contributed by atoms with Crippen LogP contribution in [0.2, 0.25) is 0 Å². The molecule has 2 heterocycles. The Morgan fingerprint density at radius 3 is 1.79 bits per heavy atom. The lowest BCUT2D eigenvalue weighted by Gasteiger charge is -2.39. The van der Waals surface area contributed by atoms with Crippen LogP contribution in [-0.2, 0) is 5.41 Å². The molecule has 10 aromatic rings. The Morgan fingerprint density at radius 2 is 1.00 bits per heavy atom. The molecule has 0 N–H and O–H groups in total. The zero-order valence-electron chi connectivity index (χ0n) is 28.8. The van der Waals surface area contributed by atoms with Gasteiger partial charge in [-0.05, 0) is 109 Å². The number of aromatic nitrogens is 1. The predicted molar refractivity (Wildman–Crippen MR) is 223 cm³/mol. The molecule has 246 valence electrons. The summed E-state index contributed by atoms with van der Waals surface area (Å²) in [5.41, 5.74) is 13.7. The van der Waals surface area contributed by atoms with Crippen LogP contribution in [-0.4, -0.2) is 4.57 Å². The third-order valence-electron chi connectivity index (χ3n) is 11.8. The average molecular weight is 690 g/mol. The van der Waals surface area contributed by atoms with Crippen molar-refractivity contribution in [1.82, 2.24) is 4.57 Å². The van der Waals surface area contributed by atoms with Crippen molar-refractivity contribution in [2.24, 2.45) is 0 Å². The molecular weight excluding hydrogens is 659 g/mol. The van der Waals surface area contributed by atoms with Gasteiger partial charge in [0.15, 0.2) is 0 Å². The van der Waals surface area contributed by atoms with Gasteiger partial charge < -0.3 is 4.57 Å². The van der Waals surface area contributed by atoms with Crippen LogP contribution >= 0.6 is 11.8 Å². The van der Waals surface area contributed by atoms with E-state index in [2.05, 4.69) is 193 Å². The Bertz CT molecular complexity index is 3100. The topological polar surface area (TPSA) is 4.93 Å². The summed E-state index contributed by atoms with van der Waals surface area (Å²) in [6.07, 6.45) is 0. The van der Waals surface area contributed by atoms with Gasteiger partial charge in [0.25, 0.3) is 0 Å². The van der Waals surface area contributed by atoms with E-state index in [9.17, 15) is 0 Å². The number of hydrogen-bond acceptors (Lipinski definition) is 1. The second-order valence-corrected chi connectivity index (χ2v) is 15.5. The van der Waals surface area contributed by atoms with E-state index in [1.807, 2.05) is 11.8 Å². The van der Waals surface area contributed by atoms with Crippen LogP contribution in [0.3, 0.4) is 0 Å². The largest absolute Gasteiger partial charge is 0.309 e. The van der Waals surface area contributed by atoms with Gasteiger partial charge in [0, 0.05) is 26.3 Å². The third-order valence-corrected chi connectivity index (χ3v) is 13.0. The first-order chi connectivity index (χ1) is 26.3. The summed E-state index contributed by atoms with van der Waals surface area (Å²) in [7, 11) is 0. The molecule has 1 nitrogen and oxygen atoms in total. The highest BCUT2D eigenvalue weighted by Crippen LogP contribution is 2.62. The van der Waals surface area contributed by atoms with Gasteiger partial charge in [0.05, 0.1) is 16.4 Å². The highest BCUT2D eigenvalue weighted by atomic mass is 32.2. The minimum Gasteiger partial charge on any atom is -0.309 e. The Balaban J connectivity index is 1.17. The van der Waals surface area contributed by atoms with E-state index in [4.69, 9.17) is 0 Å². The maximum Gasteiger partial charge on any atom is 0.0736 e. The first-order valence-electron chi connectivity index (χ1n) is 18.3. The van der Waals surface area contributed by atoms with Crippen molar-refractivity contribution in [1.29, 1.82) is 0 Å². The number of benzene rings is 9. The van der Waals surface area contributed by atoms with E-state index < -0.39 is 5.41 Å². The third kappa shape index (κ3) is 3.94. The second-order valence-electron chi connectivity index (χ2n) is 14.4. The van der Waals surface area contributed by atoms with Crippen molar-refractivity contribution in [2.45, 2.75) is 15.2 Å². The first-order valence-corrected chi connectivity index (χ1v) is 19.2. The van der Waals surface area contributed by atoms with Gasteiger partial charge in [-0.2, -0.15) is 0 Å². The van der Waals surface area contributed by atoms with Gasteiger partial charge in [-0.15, -0.1) is 0 Å². The fraction of sp³-hybridized carbons (Fsp3) is 0.0196. The molecule has 0 radical (unpaired) electrons. The van der Waals surface area contributed by atoms with Crippen molar-refractivity contribution in [3.63, 3.8) is 0 Å². The molecule has 0 atom stereocenters. The fourth-order valence-corrected chi connectivity index (χ4v) is 10.8. The molecule has 0 saturated carbocycles.